The Kier molecular flexibility index (Phi) is 6.61. The van der Waals surface area contributed by atoms with Crippen molar-refractivity contribution in [3.05, 3.63) is 86.9 Å². The van der Waals surface area contributed by atoms with Crippen LogP contribution < -0.4 is 10.3 Å². The van der Waals surface area contributed by atoms with Crippen molar-refractivity contribution in [2.75, 3.05) is 6.61 Å². The van der Waals surface area contributed by atoms with E-state index in [1.807, 2.05) is 49.5 Å². The van der Waals surface area contributed by atoms with Gasteiger partial charge in [-0.3, -0.25) is 4.79 Å². The van der Waals surface area contributed by atoms with Gasteiger partial charge in [-0.05, 0) is 31.1 Å². The molecule has 3 rings (SSSR count). The SMILES string of the molecule is C#CCn1nc(C)c(O)c(-c2c(C)ccc(Cl)c2OCC2=C/C=C\C=C/C=C2)c1=O. The fourth-order valence-corrected chi connectivity index (χ4v) is 3.28. The van der Waals surface area contributed by atoms with Crippen LogP contribution in [0.25, 0.3) is 11.1 Å². The topological polar surface area (TPSA) is 64.3 Å². The van der Waals surface area contributed by atoms with Gasteiger partial charge in [0, 0.05) is 5.56 Å². The molecule has 2 aromatic rings. The van der Waals surface area contributed by atoms with Gasteiger partial charge in [0.05, 0.1) is 10.6 Å². The van der Waals surface area contributed by atoms with Crippen molar-refractivity contribution in [1.29, 1.82) is 0 Å². The summed E-state index contributed by atoms with van der Waals surface area (Å²) in [5.41, 5.74) is 1.91. The van der Waals surface area contributed by atoms with Crippen LogP contribution in [0.15, 0.2) is 65.0 Å². The molecule has 0 bridgehead atoms. The maximum Gasteiger partial charge on any atom is 0.279 e. The highest BCUT2D eigenvalue weighted by molar-refractivity contribution is 6.32. The summed E-state index contributed by atoms with van der Waals surface area (Å²) in [6.07, 6.45) is 18.8. The lowest BCUT2D eigenvalue weighted by Gasteiger charge is -2.18. The molecule has 0 unspecified atom stereocenters. The second kappa shape index (κ2) is 9.34. The smallest absolute Gasteiger partial charge is 0.279 e. The van der Waals surface area contributed by atoms with E-state index in [1.54, 1.807) is 19.1 Å². The van der Waals surface area contributed by atoms with E-state index in [0.717, 1.165) is 15.8 Å². The Hall–Kier alpha value is -3.49. The Morgan fingerprint density at radius 3 is 2.67 bits per heavy atom. The van der Waals surface area contributed by atoms with E-state index in [4.69, 9.17) is 22.8 Å². The van der Waals surface area contributed by atoms with Crippen LogP contribution in [0.1, 0.15) is 11.3 Å². The standard InChI is InChI=1S/C24H21ClN2O3/c1-4-14-27-24(29)21(22(28)17(3)26-27)20-16(2)12-13-19(25)23(20)30-15-18-10-8-6-5-7-9-11-18/h1,5-13,28H,14-15H2,2-3H3/b6-5-,7-5?,8-6?,9-7-,10-8?,11-9?,18-10?,18-11?. The summed E-state index contributed by atoms with van der Waals surface area (Å²) in [4.78, 5) is 13.0. The molecule has 30 heavy (non-hydrogen) atoms. The summed E-state index contributed by atoms with van der Waals surface area (Å²) in [7, 11) is 0. The number of nitrogens with zero attached hydrogens (tertiary/aromatic N) is 2. The largest absolute Gasteiger partial charge is 0.505 e. The van der Waals surface area contributed by atoms with Crippen molar-refractivity contribution < 1.29 is 9.84 Å². The summed E-state index contributed by atoms with van der Waals surface area (Å²) in [5, 5.41) is 15.1. The summed E-state index contributed by atoms with van der Waals surface area (Å²) < 4.78 is 7.20. The molecule has 1 N–H and O–H groups in total. The molecule has 1 aromatic heterocycles. The quantitative estimate of drug-likeness (QED) is 0.723. The number of terminal acetylenes is 1. The van der Waals surface area contributed by atoms with Crippen LogP contribution in [0.2, 0.25) is 5.02 Å². The average Bonchev–Trinajstić information content (AvgIpc) is 2.69. The maximum absolute atomic E-state index is 13.0. The number of allylic oxidation sites excluding steroid dienone is 6. The molecule has 0 spiro atoms. The van der Waals surface area contributed by atoms with Crippen LogP contribution in [0.5, 0.6) is 11.5 Å². The van der Waals surface area contributed by atoms with Crippen LogP contribution in [0.4, 0.5) is 0 Å². The third kappa shape index (κ3) is 4.40. The molecule has 1 aliphatic rings. The van der Waals surface area contributed by atoms with Gasteiger partial charge in [0.2, 0.25) is 0 Å². The molecule has 0 amide bonds. The van der Waals surface area contributed by atoms with Gasteiger partial charge in [0.25, 0.3) is 5.56 Å². The van der Waals surface area contributed by atoms with E-state index in [-0.39, 0.29) is 30.2 Å². The molecule has 1 aromatic carbocycles. The average molecular weight is 421 g/mol. The van der Waals surface area contributed by atoms with Crippen LogP contribution in [0, 0.1) is 26.2 Å². The first-order valence-corrected chi connectivity index (χ1v) is 9.68. The minimum Gasteiger partial charge on any atom is -0.505 e. The normalized spacial score (nSPS) is 14.9. The Morgan fingerprint density at radius 1 is 1.17 bits per heavy atom. The molecule has 0 saturated carbocycles. The van der Waals surface area contributed by atoms with Gasteiger partial charge in [0.1, 0.15) is 24.6 Å². The first-order valence-electron chi connectivity index (χ1n) is 9.31. The number of ether oxygens (including phenoxy) is 1. The fraction of sp³-hybridized carbons (Fsp3) is 0.167. The highest BCUT2D eigenvalue weighted by Crippen LogP contribution is 2.41. The van der Waals surface area contributed by atoms with Gasteiger partial charge in [-0.15, -0.1) is 6.42 Å². The van der Waals surface area contributed by atoms with E-state index < -0.39 is 5.56 Å². The Labute approximate surface area is 180 Å². The predicted octanol–water partition coefficient (Wildman–Crippen LogP) is 4.51. The van der Waals surface area contributed by atoms with Crippen molar-refractivity contribution in [1.82, 2.24) is 9.78 Å². The first kappa shape index (κ1) is 21.2. The summed E-state index contributed by atoms with van der Waals surface area (Å²) in [6, 6.07) is 3.47. The zero-order chi connectivity index (χ0) is 21.7. The van der Waals surface area contributed by atoms with Gasteiger partial charge in [-0.25, -0.2) is 4.68 Å². The number of aromatic hydroxyl groups is 1. The molecule has 1 aliphatic carbocycles. The van der Waals surface area contributed by atoms with Crippen molar-refractivity contribution in [3.8, 4) is 35.0 Å². The molecule has 0 radical (unpaired) electrons. The van der Waals surface area contributed by atoms with Crippen molar-refractivity contribution in [3.63, 3.8) is 0 Å². The van der Waals surface area contributed by atoms with E-state index in [9.17, 15) is 9.90 Å². The molecule has 6 heteroatoms. The van der Waals surface area contributed by atoms with E-state index in [2.05, 4.69) is 11.0 Å². The summed E-state index contributed by atoms with van der Waals surface area (Å²) in [5.74, 6) is 2.50. The minimum atomic E-state index is -0.510. The lowest BCUT2D eigenvalue weighted by atomic mass is 9.99. The van der Waals surface area contributed by atoms with Crippen molar-refractivity contribution in [2.45, 2.75) is 20.4 Å². The Bertz CT molecular complexity index is 1190. The molecule has 0 atom stereocenters. The number of aryl methyl sites for hydroxylation is 2. The van der Waals surface area contributed by atoms with Crippen LogP contribution in [0.3, 0.4) is 0 Å². The molecule has 0 saturated heterocycles. The van der Waals surface area contributed by atoms with Gasteiger partial charge in [-0.2, -0.15) is 5.10 Å². The number of aromatic nitrogens is 2. The highest BCUT2D eigenvalue weighted by Gasteiger charge is 2.23. The van der Waals surface area contributed by atoms with E-state index in [1.165, 1.54) is 0 Å². The number of halogens is 1. The highest BCUT2D eigenvalue weighted by atomic mass is 35.5. The van der Waals surface area contributed by atoms with Crippen LogP contribution >= 0.6 is 11.6 Å². The first-order chi connectivity index (χ1) is 14.4. The van der Waals surface area contributed by atoms with Crippen molar-refractivity contribution in [2.24, 2.45) is 0 Å². The second-order valence-corrected chi connectivity index (χ2v) is 7.11. The maximum atomic E-state index is 13.0. The zero-order valence-electron chi connectivity index (χ0n) is 16.7. The molecule has 0 aliphatic heterocycles. The van der Waals surface area contributed by atoms with Crippen LogP contribution in [-0.2, 0) is 6.54 Å². The zero-order valence-corrected chi connectivity index (χ0v) is 17.5. The molecule has 1 heterocycles. The molecular formula is C24H21ClN2O3. The van der Waals surface area contributed by atoms with E-state index in [0.29, 0.717) is 16.3 Å². The summed E-state index contributed by atoms with van der Waals surface area (Å²) in [6.45, 7) is 3.64. The predicted molar refractivity (Wildman–Crippen MR) is 120 cm³/mol. The van der Waals surface area contributed by atoms with Crippen LogP contribution in [-0.4, -0.2) is 21.5 Å². The molecule has 5 nitrogen and oxygen atoms in total. The van der Waals surface area contributed by atoms with Gasteiger partial charge in [-0.1, -0.05) is 66.1 Å². The Balaban J connectivity index is 2.13. The number of benzene rings is 1. The number of rotatable bonds is 5. The lowest BCUT2D eigenvalue weighted by molar-refractivity contribution is 0.356. The van der Waals surface area contributed by atoms with Crippen molar-refractivity contribution >= 4 is 11.6 Å². The number of hydrogen-bond acceptors (Lipinski definition) is 4. The molecular weight excluding hydrogens is 400 g/mol. The molecule has 0 fully saturated rings. The third-order valence-corrected chi connectivity index (χ3v) is 4.85. The third-order valence-electron chi connectivity index (χ3n) is 4.56. The van der Waals surface area contributed by atoms with Gasteiger partial charge < -0.3 is 9.84 Å². The monoisotopic (exact) mass is 420 g/mol. The van der Waals surface area contributed by atoms with Gasteiger partial charge in [0.15, 0.2) is 5.75 Å². The van der Waals surface area contributed by atoms with Gasteiger partial charge >= 0.3 is 0 Å². The lowest BCUT2D eigenvalue weighted by Crippen LogP contribution is -2.25. The number of hydrogen-bond donors (Lipinski definition) is 1. The summed E-state index contributed by atoms with van der Waals surface area (Å²) >= 11 is 6.45. The Morgan fingerprint density at radius 2 is 1.90 bits per heavy atom. The molecule has 152 valence electrons. The van der Waals surface area contributed by atoms with E-state index >= 15 is 0 Å². The minimum absolute atomic E-state index is 0.0136. The fourth-order valence-electron chi connectivity index (χ4n) is 3.07. The second-order valence-electron chi connectivity index (χ2n) is 6.70.